The Morgan fingerprint density at radius 2 is 1.84 bits per heavy atom. The van der Waals surface area contributed by atoms with Gasteiger partial charge in [0.25, 0.3) is 5.89 Å². The SMILES string of the molecule is CC(O)(COC(=O)c1ccccc1)c1nnc(-c2ccc(Br)cc2)o1. The van der Waals surface area contributed by atoms with E-state index in [9.17, 15) is 9.90 Å². The fourth-order valence-corrected chi connectivity index (χ4v) is 2.34. The van der Waals surface area contributed by atoms with Crippen molar-refractivity contribution in [1.82, 2.24) is 10.2 Å². The van der Waals surface area contributed by atoms with Gasteiger partial charge in [0.1, 0.15) is 6.61 Å². The highest BCUT2D eigenvalue weighted by Crippen LogP contribution is 2.25. The molecule has 7 heteroatoms. The molecule has 0 amide bonds. The molecule has 1 unspecified atom stereocenters. The summed E-state index contributed by atoms with van der Waals surface area (Å²) in [5, 5.41) is 18.3. The summed E-state index contributed by atoms with van der Waals surface area (Å²) in [7, 11) is 0. The second kappa shape index (κ2) is 7.16. The second-order valence-corrected chi connectivity index (χ2v) is 6.55. The van der Waals surface area contributed by atoms with Gasteiger partial charge in [-0.15, -0.1) is 10.2 Å². The van der Waals surface area contributed by atoms with Gasteiger partial charge in [-0.25, -0.2) is 4.79 Å². The maximum absolute atomic E-state index is 12.0. The highest BCUT2D eigenvalue weighted by Gasteiger charge is 2.32. The Hall–Kier alpha value is -2.51. The fraction of sp³-hybridized carbons (Fsp3) is 0.167. The Bertz CT molecular complexity index is 860. The zero-order valence-electron chi connectivity index (χ0n) is 13.3. The Kier molecular flexibility index (Phi) is 4.96. The van der Waals surface area contributed by atoms with Gasteiger partial charge >= 0.3 is 5.97 Å². The average Bonchev–Trinajstić information content (AvgIpc) is 3.12. The van der Waals surface area contributed by atoms with Gasteiger partial charge in [-0.1, -0.05) is 34.1 Å². The predicted molar refractivity (Wildman–Crippen MR) is 93.7 cm³/mol. The van der Waals surface area contributed by atoms with Crippen molar-refractivity contribution in [3.63, 3.8) is 0 Å². The molecule has 0 aliphatic heterocycles. The van der Waals surface area contributed by atoms with E-state index >= 15 is 0 Å². The lowest BCUT2D eigenvalue weighted by molar-refractivity contribution is -0.0392. The van der Waals surface area contributed by atoms with E-state index in [1.165, 1.54) is 6.92 Å². The summed E-state index contributed by atoms with van der Waals surface area (Å²) in [4.78, 5) is 12.0. The van der Waals surface area contributed by atoms with Crippen molar-refractivity contribution in [3.8, 4) is 11.5 Å². The van der Waals surface area contributed by atoms with Crippen LogP contribution in [-0.2, 0) is 10.3 Å². The second-order valence-electron chi connectivity index (χ2n) is 5.64. The van der Waals surface area contributed by atoms with Gasteiger partial charge in [0.2, 0.25) is 5.89 Å². The summed E-state index contributed by atoms with van der Waals surface area (Å²) in [5.41, 5.74) is -0.469. The van der Waals surface area contributed by atoms with E-state index in [-0.39, 0.29) is 18.4 Å². The van der Waals surface area contributed by atoms with Gasteiger partial charge in [-0.2, -0.15) is 0 Å². The van der Waals surface area contributed by atoms with Crippen molar-refractivity contribution in [1.29, 1.82) is 0 Å². The largest absolute Gasteiger partial charge is 0.458 e. The quantitative estimate of drug-likeness (QED) is 0.656. The Balaban J connectivity index is 1.70. The van der Waals surface area contributed by atoms with Crippen molar-refractivity contribution in [2.75, 3.05) is 6.61 Å². The molecule has 1 aromatic heterocycles. The third kappa shape index (κ3) is 4.12. The number of ether oxygens (including phenoxy) is 1. The fourth-order valence-electron chi connectivity index (χ4n) is 2.08. The molecule has 0 spiro atoms. The van der Waals surface area contributed by atoms with Gasteiger partial charge in [-0.3, -0.25) is 0 Å². The zero-order valence-corrected chi connectivity index (χ0v) is 14.9. The smallest absolute Gasteiger partial charge is 0.338 e. The molecule has 0 saturated heterocycles. The molecule has 0 saturated carbocycles. The minimum atomic E-state index is -1.59. The van der Waals surface area contributed by atoms with Gasteiger partial charge in [-0.05, 0) is 43.3 Å². The number of rotatable bonds is 5. The molecule has 0 fully saturated rings. The molecule has 1 N–H and O–H groups in total. The Labute approximate surface area is 152 Å². The number of aromatic nitrogens is 2. The zero-order chi connectivity index (χ0) is 17.9. The van der Waals surface area contributed by atoms with Crippen LogP contribution in [0, 0.1) is 0 Å². The molecular formula is C18H15BrN2O4. The normalized spacial score (nSPS) is 13.2. The number of nitrogens with zero attached hydrogens (tertiary/aromatic N) is 2. The maximum atomic E-state index is 12.0. The van der Waals surface area contributed by atoms with Crippen molar-refractivity contribution < 1.29 is 19.1 Å². The molecule has 3 rings (SSSR count). The third-order valence-electron chi connectivity index (χ3n) is 3.47. The van der Waals surface area contributed by atoms with Gasteiger partial charge in [0, 0.05) is 10.0 Å². The third-order valence-corrected chi connectivity index (χ3v) is 4.00. The van der Waals surface area contributed by atoms with Crippen molar-refractivity contribution in [2.24, 2.45) is 0 Å². The van der Waals surface area contributed by atoms with E-state index in [2.05, 4.69) is 26.1 Å². The summed E-state index contributed by atoms with van der Waals surface area (Å²) in [6.07, 6.45) is 0. The monoisotopic (exact) mass is 402 g/mol. The van der Waals surface area contributed by atoms with Crippen LogP contribution >= 0.6 is 15.9 Å². The van der Waals surface area contributed by atoms with Crippen molar-refractivity contribution >= 4 is 21.9 Å². The number of carbonyl (C=O) groups excluding carboxylic acids is 1. The molecule has 1 atom stereocenters. The molecule has 2 aromatic carbocycles. The molecule has 1 heterocycles. The van der Waals surface area contributed by atoms with E-state index in [0.717, 1.165) is 10.0 Å². The van der Waals surface area contributed by atoms with Crippen molar-refractivity contribution in [3.05, 3.63) is 70.5 Å². The van der Waals surface area contributed by atoms with Crippen LogP contribution in [0.1, 0.15) is 23.2 Å². The van der Waals surface area contributed by atoms with Gasteiger partial charge < -0.3 is 14.3 Å². The summed E-state index contributed by atoms with van der Waals surface area (Å²) < 4.78 is 11.6. The van der Waals surface area contributed by atoms with Crippen LogP contribution in [0.3, 0.4) is 0 Å². The molecular weight excluding hydrogens is 388 g/mol. The van der Waals surface area contributed by atoms with E-state index in [1.54, 1.807) is 30.3 Å². The van der Waals surface area contributed by atoms with Crippen LogP contribution in [0.4, 0.5) is 0 Å². The molecule has 6 nitrogen and oxygen atoms in total. The van der Waals surface area contributed by atoms with Crippen LogP contribution in [0.25, 0.3) is 11.5 Å². The number of esters is 1. The topological polar surface area (TPSA) is 85.5 Å². The predicted octanol–water partition coefficient (Wildman–Crippen LogP) is 3.56. The molecule has 25 heavy (non-hydrogen) atoms. The van der Waals surface area contributed by atoms with Crippen LogP contribution < -0.4 is 0 Å². The Morgan fingerprint density at radius 1 is 1.16 bits per heavy atom. The Morgan fingerprint density at radius 3 is 2.52 bits per heavy atom. The summed E-state index contributed by atoms with van der Waals surface area (Å²) in [6, 6.07) is 15.9. The first kappa shape index (κ1) is 17.3. The van der Waals surface area contributed by atoms with E-state index < -0.39 is 11.6 Å². The molecule has 3 aromatic rings. The lowest BCUT2D eigenvalue weighted by Gasteiger charge is -2.18. The number of hydrogen-bond acceptors (Lipinski definition) is 6. The minimum absolute atomic E-state index is 0.0220. The molecule has 128 valence electrons. The summed E-state index contributed by atoms with van der Waals surface area (Å²) >= 11 is 3.35. The van der Waals surface area contributed by atoms with E-state index in [1.807, 2.05) is 24.3 Å². The van der Waals surface area contributed by atoms with Gasteiger partial charge in [0.15, 0.2) is 5.60 Å². The average molecular weight is 403 g/mol. The molecule has 0 bridgehead atoms. The standard InChI is InChI=1S/C18H15BrN2O4/c1-18(23,11-24-16(22)13-5-3-2-4-6-13)17-21-20-15(25-17)12-7-9-14(19)10-8-12/h2-10,23H,11H2,1H3. The number of benzene rings is 2. The van der Waals surface area contributed by atoms with Crippen LogP contribution in [0.15, 0.2) is 63.5 Å². The van der Waals surface area contributed by atoms with Gasteiger partial charge in [0.05, 0.1) is 5.56 Å². The van der Waals surface area contributed by atoms with E-state index in [0.29, 0.717) is 5.56 Å². The van der Waals surface area contributed by atoms with E-state index in [4.69, 9.17) is 9.15 Å². The number of aliphatic hydroxyl groups is 1. The number of carbonyl (C=O) groups is 1. The first-order valence-corrected chi connectivity index (χ1v) is 8.29. The molecule has 0 aliphatic rings. The summed E-state index contributed by atoms with van der Waals surface area (Å²) in [6.45, 7) is 1.15. The number of hydrogen-bond donors (Lipinski definition) is 1. The van der Waals surface area contributed by atoms with Crippen molar-refractivity contribution in [2.45, 2.75) is 12.5 Å². The minimum Gasteiger partial charge on any atom is -0.458 e. The molecule has 0 radical (unpaired) electrons. The van der Waals surface area contributed by atoms with Crippen LogP contribution in [-0.4, -0.2) is 27.9 Å². The van der Waals surface area contributed by atoms with Crippen LogP contribution in [0.2, 0.25) is 0 Å². The lowest BCUT2D eigenvalue weighted by atomic mass is 10.1. The maximum Gasteiger partial charge on any atom is 0.338 e. The lowest BCUT2D eigenvalue weighted by Crippen LogP contribution is -2.29. The highest BCUT2D eigenvalue weighted by atomic mass is 79.9. The summed E-state index contributed by atoms with van der Waals surface area (Å²) in [5.74, 6) is -0.281. The molecule has 0 aliphatic carbocycles. The first-order valence-electron chi connectivity index (χ1n) is 7.50. The highest BCUT2D eigenvalue weighted by molar-refractivity contribution is 9.10. The van der Waals surface area contributed by atoms with Crippen LogP contribution in [0.5, 0.6) is 0 Å². The number of halogens is 1. The first-order chi connectivity index (χ1) is 12.0.